The van der Waals surface area contributed by atoms with Gasteiger partial charge in [-0.25, -0.2) is 0 Å². The number of rotatable bonds is 2. The monoisotopic (exact) mass is 261 g/mol. The molecule has 0 radical (unpaired) electrons. The fourth-order valence-electron chi connectivity index (χ4n) is 2.83. The lowest BCUT2D eigenvalue weighted by atomic mass is 9.87. The molecule has 4 nitrogen and oxygen atoms in total. The summed E-state index contributed by atoms with van der Waals surface area (Å²) in [4.78, 5) is 13.8. The summed E-state index contributed by atoms with van der Waals surface area (Å²) in [6.07, 6.45) is 2.28. The van der Waals surface area contributed by atoms with Crippen molar-refractivity contribution in [3.05, 3.63) is 29.8 Å². The third kappa shape index (κ3) is 2.59. The van der Waals surface area contributed by atoms with Crippen LogP contribution in [0.3, 0.4) is 0 Å². The predicted octanol–water partition coefficient (Wildman–Crippen LogP) is 1.48. The van der Waals surface area contributed by atoms with Crippen molar-refractivity contribution in [2.75, 3.05) is 13.1 Å². The Morgan fingerprint density at radius 3 is 2.42 bits per heavy atom. The van der Waals surface area contributed by atoms with Crippen LogP contribution in [0.1, 0.15) is 30.7 Å². The number of carbonyl (C=O) groups is 1. The Morgan fingerprint density at radius 1 is 1.16 bits per heavy atom. The molecule has 4 heteroatoms. The van der Waals surface area contributed by atoms with Crippen LogP contribution in [0.2, 0.25) is 0 Å². The molecule has 1 saturated heterocycles. The third-order valence-electron chi connectivity index (χ3n) is 4.14. The minimum atomic E-state index is -0.513. The van der Waals surface area contributed by atoms with Gasteiger partial charge in [-0.15, -0.1) is 0 Å². The number of aromatic hydroxyl groups is 1. The van der Waals surface area contributed by atoms with E-state index in [1.54, 1.807) is 17.0 Å². The number of phenolic OH excluding ortho intramolecular Hbond substituents is 1. The Hall–Kier alpha value is -1.55. The number of carbonyl (C=O) groups excluding carboxylic acids is 1. The Labute approximate surface area is 112 Å². The van der Waals surface area contributed by atoms with E-state index in [0.29, 0.717) is 6.54 Å². The van der Waals surface area contributed by atoms with Crippen LogP contribution < -0.4 is 0 Å². The molecule has 2 atom stereocenters. The summed E-state index contributed by atoms with van der Waals surface area (Å²) in [7, 11) is 0. The highest BCUT2D eigenvalue weighted by Crippen LogP contribution is 2.34. The molecule has 1 aromatic rings. The molecule has 102 valence electrons. The second-order valence-electron chi connectivity index (χ2n) is 5.61. The first-order chi connectivity index (χ1) is 9.15. The van der Waals surface area contributed by atoms with Gasteiger partial charge in [-0.2, -0.15) is 0 Å². The van der Waals surface area contributed by atoms with Gasteiger partial charge in [0.1, 0.15) is 5.75 Å². The van der Waals surface area contributed by atoms with E-state index in [1.165, 1.54) is 0 Å². The van der Waals surface area contributed by atoms with Gasteiger partial charge >= 0.3 is 0 Å². The van der Waals surface area contributed by atoms with E-state index in [1.807, 2.05) is 12.1 Å². The zero-order valence-electron chi connectivity index (χ0n) is 10.8. The van der Waals surface area contributed by atoms with Gasteiger partial charge in [0.15, 0.2) is 0 Å². The number of aliphatic hydroxyl groups excluding tert-OH is 1. The summed E-state index contributed by atoms with van der Waals surface area (Å²) < 4.78 is 0. The van der Waals surface area contributed by atoms with E-state index in [0.717, 1.165) is 31.4 Å². The third-order valence-corrected chi connectivity index (χ3v) is 4.14. The van der Waals surface area contributed by atoms with Crippen LogP contribution in [0.25, 0.3) is 0 Å². The maximum atomic E-state index is 12.0. The molecule has 0 spiro atoms. The first kappa shape index (κ1) is 12.5. The summed E-state index contributed by atoms with van der Waals surface area (Å²) in [6.45, 7) is 1.15. The Kier molecular flexibility index (Phi) is 3.19. The van der Waals surface area contributed by atoms with Crippen molar-refractivity contribution in [3.8, 4) is 5.75 Å². The van der Waals surface area contributed by atoms with Crippen molar-refractivity contribution < 1.29 is 15.0 Å². The van der Waals surface area contributed by atoms with E-state index in [2.05, 4.69) is 0 Å². The molecule has 0 bridgehead atoms. The molecule has 1 heterocycles. The van der Waals surface area contributed by atoms with Gasteiger partial charge < -0.3 is 15.1 Å². The molecule has 1 aliphatic heterocycles. The second-order valence-corrected chi connectivity index (χ2v) is 5.61. The molecule has 0 unspecified atom stereocenters. The molecule has 2 fully saturated rings. The number of aliphatic hydroxyl groups is 1. The number of hydrogen-bond acceptors (Lipinski definition) is 3. The highest BCUT2D eigenvalue weighted by molar-refractivity contribution is 5.81. The smallest absolute Gasteiger partial charge is 0.225 e. The van der Waals surface area contributed by atoms with Gasteiger partial charge in [0.25, 0.3) is 0 Å². The van der Waals surface area contributed by atoms with Crippen molar-refractivity contribution in [1.29, 1.82) is 0 Å². The van der Waals surface area contributed by atoms with Crippen LogP contribution in [0.5, 0.6) is 5.75 Å². The second kappa shape index (κ2) is 4.85. The summed E-state index contributed by atoms with van der Waals surface area (Å²) in [5, 5.41) is 19.5. The van der Waals surface area contributed by atoms with Crippen LogP contribution >= 0.6 is 0 Å². The molecule has 1 aliphatic carbocycles. The Bertz CT molecular complexity index is 467. The molecule has 0 aromatic heterocycles. The minimum Gasteiger partial charge on any atom is -0.508 e. The van der Waals surface area contributed by atoms with Gasteiger partial charge in [0.2, 0.25) is 5.91 Å². The van der Waals surface area contributed by atoms with E-state index < -0.39 is 6.10 Å². The summed E-state index contributed by atoms with van der Waals surface area (Å²) in [5.41, 5.74) is 1.03. The van der Waals surface area contributed by atoms with Crippen LogP contribution in [-0.2, 0) is 4.79 Å². The normalized spacial score (nSPS) is 27.3. The number of hydrogen-bond donors (Lipinski definition) is 2. The molecule has 2 aliphatic rings. The first-order valence-corrected chi connectivity index (χ1v) is 6.91. The molecule has 1 saturated carbocycles. The molecule has 1 amide bonds. The number of β-amino-alcohol motifs (C(OH)–C–C–N with tert-alkyl or cyclic N) is 1. The van der Waals surface area contributed by atoms with Gasteiger partial charge in [-0.05, 0) is 37.0 Å². The van der Waals surface area contributed by atoms with Gasteiger partial charge in [-0.1, -0.05) is 12.1 Å². The summed E-state index contributed by atoms with van der Waals surface area (Å²) >= 11 is 0. The highest BCUT2D eigenvalue weighted by atomic mass is 16.3. The minimum absolute atomic E-state index is 0.0591. The summed E-state index contributed by atoms with van der Waals surface area (Å²) in [6, 6.07) is 6.98. The molecule has 2 N–H and O–H groups in total. The van der Waals surface area contributed by atoms with Crippen molar-refractivity contribution in [2.24, 2.45) is 5.92 Å². The number of nitrogens with zero attached hydrogens (tertiary/aromatic N) is 1. The molecule has 19 heavy (non-hydrogen) atoms. The molecule has 3 rings (SSSR count). The van der Waals surface area contributed by atoms with Gasteiger partial charge in [0, 0.05) is 24.9 Å². The van der Waals surface area contributed by atoms with Gasteiger partial charge in [-0.3, -0.25) is 4.79 Å². The van der Waals surface area contributed by atoms with Crippen LogP contribution in [0, 0.1) is 5.92 Å². The van der Waals surface area contributed by atoms with Crippen molar-refractivity contribution in [1.82, 2.24) is 4.90 Å². The molecule has 1 aromatic carbocycles. The first-order valence-electron chi connectivity index (χ1n) is 6.91. The fraction of sp³-hybridized carbons (Fsp3) is 0.533. The fourth-order valence-corrected chi connectivity index (χ4v) is 2.83. The maximum absolute atomic E-state index is 12.0. The van der Waals surface area contributed by atoms with E-state index in [9.17, 15) is 15.0 Å². The number of amides is 1. The molecular formula is C15H19NO3. The lowest BCUT2D eigenvalue weighted by Crippen LogP contribution is -2.46. The van der Waals surface area contributed by atoms with E-state index in [4.69, 9.17) is 0 Å². The Balaban J connectivity index is 1.66. The SMILES string of the molecule is O=C(C1CC1)N1CC[C@H](c2ccc(O)cc2)[C@@H](O)C1. The highest BCUT2D eigenvalue weighted by Gasteiger charge is 2.37. The zero-order chi connectivity index (χ0) is 13.4. The topological polar surface area (TPSA) is 60.8 Å². The Morgan fingerprint density at radius 2 is 1.84 bits per heavy atom. The standard InChI is InChI=1S/C15H19NO3/c17-12-5-3-10(4-6-12)13-7-8-16(9-14(13)18)15(19)11-1-2-11/h3-6,11,13-14,17-18H,1-2,7-9H2/t13-,14+/m1/s1. The van der Waals surface area contributed by atoms with Crippen molar-refractivity contribution >= 4 is 5.91 Å². The number of phenols is 1. The average Bonchev–Trinajstić information content (AvgIpc) is 3.23. The number of benzene rings is 1. The average molecular weight is 261 g/mol. The quantitative estimate of drug-likeness (QED) is 0.847. The molecular weight excluding hydrogens is 242 g/mol. The van der Waals surface area contributed by atoms with E-state index >= 15 is 0 Å². The zero-order valence-corrected chi connectivity index (χ0v) is 10.8. The summed E-state index contributed by atoms with van der Waals surface area (Å²) in [5.74, 6) is 0.726. The van der Waals surface area contributed by atoms with E-state index in [-0.39, 0.29) is 23.5 Å². The van der Waals surface area contributed by atoms with Crippen molar-refractivity contribution in [3.63, 3.8) is 0 Å². The number of piperidine rings is 1. The van der Waals surface area contributed by atoms with Gasteiger partial charge in [0.05, 0.1) is 6.10 Å². The lowest BCUT2D eigenvalue weighted by Gasteiger charge is -2.36. The van der Waals surface area contributed by atoms with Crippen molar-refractivity contribution in [2.45, 2.75) is 31.3 Å². The van der Waals surface area contributed by atoms with Crippen LogP contribution in [0.15, 0.2) is 24.3 Å². The maximum Gasteiger partial charge on any atom is 0.225 e. The van der Waals surface area contributed by atoms with Crippen LogP contribution in [-0.4, -0.2) is 40.2 Å². The predicted molar refractivity (Wildman–Crippen MR) is 70.8 cm³/mol. The largest absolute Gasteiger partial charge is 0.508 e. The van der Waals surface area contributed by atoms with Crippen LogP contribution in [0.4, 0.5) is 0 Å². The lowest BCUT2D eigenvalue weighted by molar-refractivity contribution is -0.136. The number of likely N-dealkylation sites (tertiary alicyclic amines) is 1.